The van der Waals surface area contributed by atoms with Gasteiger partial charge in [-0.05, 0) is 37.1 Å². The molecule has 0 fully saturated rings. The second kappa shape index (κ2) is 10.0. The minimum Gasteiger partial charge on any atom is -0.489 e. The van der Waals surface area contributed by atoms with E-state index in [1.165, 1.54) is 6.92 Å². The van der Waals surface area contributed by atoms with Gasteiger partial charge in [-0.15, -0.1) is 0 Å². The Balaban J connectivity index is 2.09. The number of carbonyl (C=O) groups excluding carboxylic acids is 1. The summed E-state index contributed by atoms with van der Waals surface area (Å²) in [6.07, 6.45) is 7.41. The Morgan fingerprint density at radius 1 is 1.04 bits per heavy atom. The second-order valence-electron chi connectivity index (χ2n) is 5.91. The highest BCUT2D eigenvalue weighted by molar-refractivity contribution is 5.97. The number of hydrogen-bond donors (Lipinski definition) is 0. The fourth-order valence-corrected chi connectivity index (χ4v) is 2.28. The van der Waals surface area contributed by atoms with Crippen molar-refractivity contribution in [3.05, 3.63) is 96.1 Å². The van der Waals surface area contributed by atoms with Gasteiger partial charge in [-0.1, -0.05) is 61.2 Å². The monoisotopic (exact) mass is 348 g/mol. The molecule has 0 bridgehead atoms. The van der Waals surface area contributed by atoms with Gasteiger partial charge in [0.15, 0.2) is 5.78 Å². The molecule has 0 atom stereocenters. The molecule has 2 rings (SSSR count). The van der Waals surface area contributed by atoms with Crippen molar-refractivity contribution in [2.75, 3.05) is 6.61 Å². The molecule has 0 saturated heterocycles. The van der Waals surface area contributed by atoms with Gasteiger partial charge in [0.2, 0.25) is 0 Å². The van der Waals surface area contributed by atoms with E-state index in [1.807, 2.05) is 55.5 Å². The molecule has 0 radical (unpaired) electrons. The lowest BCUT2D eigenvalue weighted by Gasteiger charge is -2.13. The third-order valence-electron chi connectivity index (χ3n) is 3.66. The van der Waals surface area contributed by atoms with Crippen LogP contribution in [0.2, 0.25) is 0 Å². The molecular weight excluding hydrogens is 324 g/mol. The van der Waals surface area contributed by atoms with E-state index in [1.54, 1.807) is 24.3 Å². The fraction of sp³-hybridized carbons (Fsp3) is 0.174. The van der Waals surface area contributed by atoms with Crippen LogP contribution in [0.15, 0.2) is 85.0 Å². The first kappa shape index (κ1) is 19.3. The number of allylic oxidation sites excluding steroid dienone is 4. The summed E-state index contributed by atoms with van der Waals surface area (Å²) in [6, 6.07) is 15.2. The predicted octanol–water partition coefficient (Wildman–Crippen LogP) is 5.54. The van der Waals surface area contributed by atoms with Crippen LogP contribution >= 0.6 is 0 Å². The van der Waals surface area contributed by atoms with E-state index in [4.69, 9.17) is 9.47 Å². The number of ether oxygens (including phenoxy) is 2. The van der Waals surface area contributed by atoms with E-state index in [9.17, 15) is 4.79 Å². The standard InChI is InChI=1S/C23H24O3/c1-4-5-7-10-18(2)16-26-23-15-21(13-14-22(23)19(3)24)25-17-20-11-8-6-9-12-20/h4-15H,1,16-17H2,2-3H3/b7-5-,18-10+. The topological polar surface area (TPSA) is 35.5 Å². The summed E-state index contributed by atoms with van der Waals surface area (Å²) in [7, 11) is 0. The summed E-state index contributed by atoms with van der Waals surface area (Å²) in [5, 5.41) is 0. The second-order valence-corrected chi connectivity index (χ2v) is 5.91. The molecule has 0 aliphatic heterocycles. The summed E-state index contributed by atoms with van der Waals surface area (Å²) in [6.45, 7) is 7.99. The summed E-state index contributed by atoms with van der Waals surface area (Å²) >= 11 is 0. The first-order valence-electron chi connectivity index (χ1n) is 8.49. The van der Waals surface area contributed by atoms with E-state index < -0.39 is 0 Å². The maximum atomic E-state index is 11.9. The molecule has 0 N–H and O–H groups in total. The van der Waals surface area contributed by atoms with Crippen LogP contribution in [0.4, 0.5) is 0 Å². The van der Waals surface area contributed by atoms with Crippen LogP contribution in [0.25, 0.3) is 0 Å². The van der Waals surface area contributed by atoms with Crippen molar-refractivity contribution in [3.8, 4) is 11.5 Å². The van der Waals surface area contributed by atoms with Gasteiger partial charge in [0.1, 0.15) is 24.7 Å². The average Bonchev–Trinajstić information content (AvgIpc) is 2.65. The molecule has 2 aromatic carbocycles. The van der Waals surface area contributed by atoms with Gasteiger partial charge in [0.05, 0.1) is 5.56 Å². The van der Waals surface area contributed by atoms with Crippen molar-refractivity contribution in [2.24, 2.45) is 0 Å². The summed E-state index contributed by atoms with van der Waals surface area (Å²) < 4.78 is 11.7. The molecular formula is C23H24O3. The van der Waals surface area contributed by atoms with Crippen molar-refractivity contribution in [1.29, 1.82) is 0 Å². The Bertz CT molecular complexity index is 801. The summed E-state index contributed by atoms with van der Waals surface area (Å²) in [4.78, 5) is 11.9. The number of ketones is 1. The largest absolute Gasteiger partial charge is 0.489 e. The van der Waals surface area contributed by atoms with Crippen molar-refractivity contribution >= 4 is 5.78 Å². The van der Waals surface area contributed by atoms with Crippen molar-refractivity contribution in [3.63, 3.8) is 0 Å². The number of hydrogen-bond acceptors (Lipinski definition) is 3. The third-order valence-corrected chi connectivity index (χ3v) is 3.66. The first-order chi connectivity index (χ1) is 12.6. The molecule has 0 amide bonds. The Kier molecular flexibility index (Phi) is 7.44. The van der Waals surface area contributed by atoms with E-state index in [2.05, 4.69) is 6.58 Å². The smallest absolute Gasteiger partial charge is 0.163 e. The molecule has 0 aromatic heterocycles. The Labute approximate surface area is 155 Å². The van der Waals surface area contributed by atoms with Crippen molar-refractivity contribution < 1.29 is 14.3 Å². The highest BCUT2D eigenvalue weighted by atomic mass is 16.5. The number of rotatable bonds is 9. The molecule has 0 saturated carbocycles. The molecule has 0 unspecified atom stereocenters. The lowest BCUT2D eigenvalue weighted by molar-refractivity contribution is 0.101. The summed E-state index contributed by atoms with van der Waals surface area (Å²) in [5.74, 6) is 1.16. The SMILES string of the molecule is C=C/C=C\C=C(/C)COc1cc(OCc2ccccc2)ccc1C(C)=O. The highest BCUT2D eigenvalue weighted by Gasteiger charge is 2.10. The Morgan fingerprint density at radius 2 is 1.81 bits per heavy atom. The molecule has 26 heavy (non-hydrogen) atoms. The average molecular weight is 348 g/mol. The van der Waals surface area contributed by atoms with Gasteiger partial charge < -0.3 is 9.47 Å². The van der Waals surface area contributed by atoms with Crippen LogP contribution < -0.4 is 9.47 Å². The maximum Gasteiger partial charge on any atom is 0.163 e. The zero-order chi connectivity index (χ0) is 18.8. The molecule has 134 valence electrons. The van der Waals surface area contributed by atoms with Crippen LogP contribution in [0.1, 0.15) is 29.8 Å². The zero-order valence-corrected chi connectivity index (χ0v) is 15.3. The van der Waals surface area contributed by atoms with Gasteiger partial charge in [-0.25, -0.2) is 0 Å². The minimum atomic E-state index is -0.0391. The van der Waals surface area contributed by atoms with Crippen LogP contribution in [-0.2, 0) is 6.61 Å². The van der Waals surface area contributed by atoms with E-state index in [0.29, 0.717) is 30.3 Å². The quantitative estimate of drug-likeness (QED) is 0.441. The number of carbonyl (C=O) groups is 1. The lowest BCUT2D eigenvalue weighted by atomic mass is 10.1. The van der Waals surface area contributed by atoms with Crippen LogP contribution in [-0.4, -0.2) is 12.4 Å². The predicted molar refractivity (Wildman–Crippen MR) is 106 cm³/mol. The third kappa shape index (κ3) is 6.10. The van der Waals surface area contributed by atoms with Crippen molar-refractivity contribution in [2.45, 2.75) is 20.5 Å². The lowest BCUT2D eigenvalue weighted by Crippen LogP contribution is -2.05. The van der Waals surface area contributed by atoms with Gasteiger partial charge in [0.25, 0.3) is 0 Å². The Hall–Kier alpha value is -3.07. The zero-order valence-electron chi connectivity index (χ0n) is 15.3. The van der Waals surface area contributed by atoms with E-state index >= 15 is 0 Å². The highest BCUT2D eigenvalue weighted by Crippen LogP contribution is 2.26. The maximum absolute atomic E-state index is 11.9. The first-order valence-corrected chi connectivity index (χ1v) is 8.49. The van der Waals surface area contributed by atoms with Gasteiger partial charge in [-0.2, -0.15) is 0 Å². The molecule has 3 heteroatoms. The Morgan fingerprint density at radius 3 is 2.50 bits per heavy atom. The minimum absolute atomic E-state index is 0.0391. The fourth-order valence-electron chi connectivity index (χ4n) is 2.28. The van der Waals surface area contributed by atoms with Gasteiger partial charge in [-0.3, -0.25) is 4.79 Å². The normalized spacial score (nSPS) is 11.4. The molecule has 3 nitrogen and oxygen atoms in total. The van der Waals surface area contributed by atoms with Crippen molar-refractivity contribution in [1.82, 2.24) is 0 Å². The van der Waals surface area contributed by atoms with E-state index in [-0.39, 0.29) is 5.78 Å². The number of benzene rings is 2. The van der Waals surface area contributed by atoms with Crippen LogP contribution in [0.3, 0.4) is 0 Å². The summed E-state index contributed by atoms with van der Waals surface area (Å²) in [5.41, 5.74) is 2.66. The molecule has 0 spiro atoms. The molecule has 0 aliphatic carbocycles. The number of Topliss-reactive ketones (excluding diaryl/α,β-unsaturated/α-hetero) is 1. The van der Waals surface area contributed by atoms with Crippen LogP contribution in [0.5, 0.6) is 11.5 Å². The molecule has 0 aliphatic rings. The molecule has 0 heterocycles. The van der Waals surface area contributed by atoms with Crippen LogP contribution in [0, 0.1) is 0 Å². The van der Waals surface area contributed by atoms with Gasteiger partial charge >= 0.3 is 0 Å². The molecule has 2 aromatic rings. The van der Waals surface area contributed by atoms with Gasteiger partial charge in [0, 0.05) is 6.07 Å². The van der Waals surface area contributed by atoms with E-state index in [0.717, 1.165) is 11.1 Å².